The first-order valence-electron chi connectivity index (χ1n) is 4.61. The van der Waals surface area contributed by atoms with E-state index >= 15 is 0 Å². The molecule has 0 amide bonds. The Morgan fingerprint density at radius 1 is 1.60 bits per heavy atom. The number of aliphatic hydroxyl groups excluding tert-OH is 1. The molecule has 1 atom stereocenters. The van der Waals surface area contributed by atoms with Gasteiger partial charge in [0.2, 0.25) is 0 Å². The van der Waals surface area contributed by atoms with E-state index in [9.17, 15) is 10.1 Å². The standard InChI is InChI=1S/C10H12ClNO3/c1-7(13)2-3-8-6-9(12(14)15)4-5-10(8)11/h4-7,13H,2-3H2,1H3. The summed E-state index contributed by atoms with van der Waals surface area (Å²) in [5.74, 6) is 0. The molecule has 0 radical (unpaired) electrons. The van der Waals surface area contributed by atoms with Gasteiger partial charge in [-0.25, -0.2) is 0 Å². The largest absolute Gasteiger partial charge is 0.393 e. The number of hydrogen-bond donors (Lipinski definition) is 1. The minimum Gasteiger partial charge on any atom is -0.393 e. The Balaban J connectivity index is 2.85. The summed E-state index contributed by atoms with van der Waals surface area (Å²) in [6, 6.07) is 4.33. The normalized spacial score (nSPS) is 12.5. The van der Waals surface area contributed by atoms with E-state index in [1.54, 1.807) is 6.92 Å². The molecular weight excluding hydrogens is 218 g/mol. The number of aliphatic hydroxyl groups is 1. The minimum atomic E-state index is -0.456. The van der Waals surface area contributed by atoms with Gasteiger partial charge in [0.1, 0.15) is 0 Å². The van der Waals surface area contributed by atoms with Crippen LogP contribution in [0.25, 0.3) is 0 Å². The highest BCUT2D eigenvalue weighted by atomic mass is 35.5. The highest BCUT2D eigenvalue weighted by Crippen LogP contribution is 2.23. The average Bonchev–Trinajstić information content (AvgIpc) is 2.16. The molecule has 0 aliphatic heterocycles. The van der Waals surface area contributed by atoms with Crippen molar-refractivity contribution in [3.63, 3.8) is 0 Å². The Kier molecular flexibility index (Phi) is 4.05. The van der Waals surface area contributed by atoms with Crippen molar-refractivity contribution in [2.45, 2.75) is 25.9 Å². The number of benzene rings is 1. The number of nitrogens with zero attached hydrogens (tertiary/aromatic N) is 1. The van der Waals surface area contributed by atoms with Gasteiger partial charge in [0.25, 0.3) is 5.69 Å². The Morgan fingerprint density at radius 3 is 2.80 bits per heavy atom. The minimum absolute atomic E-state index is 0.0278. The van der Waals surface area contributed by atoms with Crippen LogP contribution in [0.5, 0.6) is 0 Å². The van der Waals surface area contributed by atoms with Gasteiger partial charge >= 0.3 is 0 Å². The topological polar surface area (TPSA) is 63.4 Å². The van der Waals surface area contributed by atoms with Gasteiger partial charge in [-0.05, 0) is 31.4 Å². The Morgan fingerprint density at radius 2 is 2.27 bits per heavy atom. The molecule has 0 spiro atoms. The zero-order valence-corrected chi connectivity index (χ0v) is 9.07. The van der Waals surface area contributed by atoms with Crippen molar-refractivity contribution >= 4 is 17.3 Å². The van der Waals surface area contributed by atoms with E-state index in [4.69, 9.17) is 16.7 Å². The molecule has 1 N–H and O–H groups in total. The van der Waals surface area contributed by atoms with Gasteiger partial charge in [-0.1, -0.05) is 11.6 Å². The SMILES string of the molecule is CC(O)CCc1cc([N+](=O)[O-])ccc1Cl. The molecule has 4 nitrogen and oxygen atoms in total. The molecule has 0 heterocycles. The van der Waals surface area contributed by atoms with E-state index < -0.39 is 11.0 Å². The first-order chi connectivity index (χ1) is 7.00. The lowest BCUT2D eigenvalue weighted by Crippen LogP contribution is -2.02. The van der Waals surface area contributed by atoms with Crippen molar-refractivity contribution in [2.75, 3.05) is 0 Å². The smallest absolute Gasteiger partial charge is 0.269 e. The highest BCUT2D eigenvalue weighted by Gasteiger charge is 2.10. The number of non-ortho nitro benzene ring substituents is 1. The summed E-state index contributed by atoms with van der Waals surface area (Å²) in [5, 5.41) is 20.1. The van der Waals surface area contributed by atoms with Gasteiger partial charge in [0.05, 0.1) is 11.0 Å². The summed E-state index contributed by atoms with van der Waals surface area (Å²) in [4.78, 5) is 10.1. The van der Waals surface area contributed by atoms with Gasteiger partial charge < -0.3 is 5.11 Å². The molecule has 0 bridgehead atoms. The average molecular weight is 230 g/mol. The lowest BCUT2D eigenvalue weighted by Gasteiger charge is -2.05. The van der Waals surface area contributed by atoms with Crippen LogP contribution in [0.4, 0.5) is 5.69 Å². The van der Waals surface area contributed by atoms with E-state index in [1.165, 1.54) is 18.2 Å². The van der Waals surface area contributed by atoms with E-state index in [1.807, 2.05) is 0 Å². The van der Waals surface area contributed by atoms with Gasteiger partial charge in [0, 0.05) is 17.2 Å². The summed E-state index contributed by atoms with van der Waals surface area (Å²) in [5.41, 5.74) is 0.728. The molecule has 1 rings (SSSR count). The van der Waals surface area contributed by atoms with E-state index in [-0.39, 0.29) is 5.69 Å². The molecule has 82 valence electrons. The molecule has 0 fully saturated rings. The van der Waals surface area contributed by atoms with Crippen molar-refractivity contribution in [3.8, 4) is 0 Å². The molecule has 0 aliphatic carbocycles. The number of halogens is 1. The van der Waals surface area contributed by atoms with Gasteiger partial charge in [-0.2, -0.15) is 0 Å². The fourth-order valence-corrected chi connectivity index (χ4v) is 1.44. The third-order valence-corrected chi connectivity index (χ3v) is 2.44. The van der Waals surface area contributed by atoms with Crippen molar-refractivity contribution in [3.05, 3.63) is 38.9 Å². The molecule has 1 unspecified atom stereocenters. The fourth-order valence-electron chi connectivity index (χ4n) is 1.23. The first-order valence-corrected chi connectivity index (χ1v) is 4.99. The lowest BCUT2D eigenvalue weighted by molar-refractivity contribution is -0.384. The molecule has 0 saturated carbocycles. The summed E-state index contributed by atoms with van der Waals surface area (Å²) in [7, 11) is 0. The van der Waals surface area contributed by atoms with Gasteiger partial charge in [0.15, 0.2) is 0 Å². The lowest BCUT2D eigenvalue weighted by atomic mass is 10.1. The second kappa shape index (κ2) is 5.09. The number of rotatable bonds is 4. The maximum absolute atomic E-state index is 10.5. The molecule has 1 aromatic rings. The Labute approximate surface area is 92.6 Å². The maximum Gasteiger partial charge on any atom is 0.269 e. The van der Waals surface area contributed by atoms with Crippen LogP contribution in [-0.2, 0) is 6.42 Å². The summed E-state index contributed by atoms with van der Waals surface area (Å²) >= 11 is 5.88. The number of aryl methyl sites for hydroxylation is 1. The van der Waals surface area contributed by atoms with Crippen LogP contribution in [0.1, 0.15) is 18.9 Å². The molecule has 5 heteroatoms. The van der Waals surface area contributed by atoms with Crippen LogP contribution < -0.4 is 0 Å². The third-order valence-electron chi connectivity index (χ3n) is 2.07. The monoisotopic (exact) mass is 229 g/mol. The van der Waals surface area contributed by atoms with E-state index in [2.05, 4.69) is 0 Å². The second-order valence-corrected chi connectivity index (χ2v) is 3.83. The molecular formula is C10H12ClNO3. The molecule has 15 heavy (non-hydrogen) atoms. The Bertz CT molecular complexity index is 366. The molecule has 1 aromatic carbocycles. The number of nitro groups is 1. The van der Waals surface area contributed by atoms with Gasteiger partial charge in [-0.3, -0.25) is 10.1 Å². The van der Waals surface area contributed by atoms with Crippen molar-refractivity contribution < 1.29 is 10.0 Å². The third kappa shape index (κ3) is 3.49. The predicted molar refractivity (Wildman–Crippen MR) is 58.1 cm³/mol. The highest BCUT2D eigenvalue weighted by molar-refractivity contribution is 6.31. The van der Waals surface area contributed by atoms with E-state index in [0.29, 0.717) is 23.4 Å². The summed E-state index contributed by atoms with van der Waals surface area (Å²) < 4.78 is 0. The predicted octanol–water partition coefficient (Wildman–Crippen LogP) is 2.56. The van der Waals surface area contributed by atoms with Gasteiger partial charge in [-0.15, -0.1) is 0 Å². The summed E-state index contributed by atoms with van der Waals surface area (Å²) in [6.07, 6.45) is 0.652. The molecule has 0 aromatic heterocycles. The van der Waals surface area contributed by atoms with Crippen LogP contribution >= 0.6 is 11.6 Å². The second-order valence-electron chi connectivity index (χ2n) is 3.42. The quantitative estimate of drug-likeness (QED) is 0.638. The Hall–Kier alpha value is -1.13. The molecule has 0 saturated heterocycles. The van der Waals surface area contributed by atoms with Crippen molar-refractivity contribution in [1.29, 1.82) is 0 Å². The van der Waals surface area contributed by atoms with Crippen LogP contribution in [0.3, 0.4) is 0 Å². The van der Waals surface area contributed by atoms with Crippen LogP contribution in [0.2, 0.25) is 5.02 Å². The maximum atomic E-state index is 10.5. The van der Waals surface area contributed by atoms with Crippen LogP contribution in [-0.4, -0.2) is 16.1 Å². The van der Waals surface area contributed by atoms with E-state index in [0.717, 1.165) is 0 Å². The number of nitro benzene ring substituents is 1. The number of hydrogen-bond acceptors (Lipinski definition) is 3. The van der Waals surface area contributed by atoms with Crippen LogP contribution in [0.15, 0.2) is 18.2 Å². The van der Waals surface area contributed by atoms with Crippen molar-refractivity contribution in [2.24, 2.45) is 0 Å². The molecule has 0 aliphatic rings. The first kappa shape index (κ1) is 11.9. The zero-order valence-electron chi connectivity index (χ0n) is 8.31. The summed E-state index contributed by atoms with van der Waals surface area (Å²) in [6.45, 7) is 1.67. The van der Waals surface area contributed by atoms with Crippen LogP contribution in [0, 0.1) is 10.1 Å². The van der Waals surface area contributed by atoms with Crippen molar-refractivity contribution in [1.82, 2.24) is 0 Å². The zero-order chi connectivity index (χ0) is 11.4. The fraction of sp³-hybridized carbons (Fsp3) is 0.400.